The minimum absolute atomic E-state index is 0.170. The molecule has 0 bridgehead atoms. The minimum atomic E-state index is -0.426. The summed E-state index contributed by atoms with van der Waals surface area (Å²) < 4.78 is 6.29. The Kier molecular flexibility index (Phi) is 5.97. The molecule has 2 N–H and O–H groups in total. The van der Waals surface area contributed by atoms with Gasteiger partial charge in [0.25, 0.3) is 11.8 Å². The van der Waals surface area contributed by atoms with Gasteiger partial charge in [-0.25, -0.2) is 0 Å². The molecule has 6 heteroatoms. The van der Waals surface area contributed by atoms with E-state index in [1.54, 1.807) is 12.1 Å². The topological polar surface area (TPSA) is 67.4 Å². The van der Waals surface area contributed by atoms with Crippen LogP contribution in [0.25, 0.3) is 0 Å². The van der Waals surface area contributed by atoms with Crippen molar-refractivity contribution in [2.75, 3.05) is 6.61 Å². The van der Waals surface area contributed by atoms with E-state index in [0.29, 0.717) is 11.3 Å². The van der Waals surface area contributed by atoms with E-state index in [4.69, 9.17) is 4.74 Å². The standard InChI is InChI=1S/C17H17IN2O3/c1-11-7-8-12(2)15(9-11)23-10-16(21)19-20-17(22)13-5-3-4-6-14(13)18/h3-9H,10H2,1-2H3,(H,19,21)(H,20,22). The van der Waals surface area contributed by atoms with Gasteiger partial charge in [-0.15, -0.1) is 0 Å². The van der Waals surface area contributed by atoms with E-state index >= 15 is 0 Å². The van der Waals surface area contributed by atoms with Crippen molar-refractivity contribution >= 4 is 34.4 Å². The predicted molar refractivity (Wildman–Crippen MR) is 96.2 cm³/mol. The number of halogens is 1. The van der Waals surface area contributed by atoms with E-state index in [-0.39, 0.29) is 12.5 Å². The molecule has 0 aliphatic carbocycles. The summed E-state index contributed by atoms with van der Waals surface area (Å²) in [4.78, 5) is 23.8. The number of ether oxygens (including phenoxy) is 1. The summed E-state index contributed by atoms with van der Waals surface area (Å²) in [5.41, 5.74) is 7.23. The van der Waals surface area contributed by atoms with E-state index in [9.17, 15) is 9.59 Å². The first kappa shape index (κ1) is 17.3. The lowest BCUT2D eigenvalue weighted by atomic mass is 10.1. The van der Waals surface area contributed by atoms with Crippen molar-refractivity contribution in [3.8, 4) is 5.75 Å². The third-order valence-corrected chi connectivity index (χ3v) is 4.08. The average Bonchev–Trinajstić information content (AvgIpc) is 2.54. The Morgan fingerprint density at radius 3 is 2.57 bits per heavy atom. The summed E-state index contributed by atoms with van der Waals surface area (Å²) in [6.07, 6.45) is 0. The van der Waals surface area contributed by atoms with Crippen LogP contribution in [0, 0.1) is 17.4 Å². The highest BCUT2D eigenvalue weighted by Gasteiger charge is 2.11. The van der Waals surface area contributed by atoms with Crippen LogP contribution >= 0.6 is 22.6 Å². The Balaban J connectivity index is 1.85. The molecule has 0 saturated heterocycles. The fourth-order valence-corrected chi connectivity index (χ4v) is 2.51. The number of hydrazine groups is 1. The van der Waals surface area contributed by atoms with Crippen molar-refractivity contribution in [2.24, 2.45) is 0 Å². The van der Waals surface area contributed by atoms with Gasteiger partial charge in [0.05, 0.1) is 5.56 Å². The van der Waals surface area contributed by atoms with Crippen LogP contribution in [0.1, 0.15) is 21.5 Å². The second-order valence-electron chi connectivity index (χ2n) is 5.04. The number of amides is 2. The summed E-state index contributed by atoms with van der Waals surface area (Å²) in [6.45, 7) is 3.69. The molecule has 23 heavy (non-hydrogen) atoms. The molecular formula is C17H17IN2O3. The quantitative estimate of drug-likeness (QED) is 0.586. The highest BCUT2D eigenvalue weighted by atomic mass is 127. The number of hydrogen-bond acceptors (Lipinski definition) is 3. The van der Waals surface area contributed by atoms with Crippen molar-refractivity contribution in [1.82, 2.24) is 10.9 Å². The normalized spacial score (nSPS) is 10.0. The van der Waals surface area contributed by atoms with E-state index in [0.717, 1.165) is 14.7 Å². The Hall–Kier alpha value is -2.09. The van der Waals surface area contributed by atoms with Gasteiger partial charge < -0.3 is 4.74 Å². The molecule has 0 fully saturated rings. The number of rotatable bonds is 4. The number of benzene rings is 2. The van der Waals surface area contributed by atoms with Gasteiger partial charge in [0, 0.05) is 3.57 Å². The molecule has 2 aromatic carbocycles. The third-order valence-electron chi connectivity index (χ3n) is 3.14. The van der Waals surface area contributed by atoms with Gasteiger partial charge >= 0.3 is 0 Å². The molecular weight excluding hydrogens is 407 g/mol. The van der Waals surface area contributed by atoms with Crippen molar-refractivity contribution in [3.63, 3.8) is 0 Å². The molecule has 0 unspecified atom stereocenters. The summed E-state index contributed by atoms with van der Waals surface area (Å²) in [5, 5.41) is 0. The predicted octanol–water partition coefficient (Wildman–Crippen LogP) is 2.75. The van der Waals surface area contributed by atoms with Crippen LogP contribution in [0.4, 0.5) is 0 Å². The first-order valence-corrected chi connectivity index (χ1v) is 8.09. The monoisotopic (exact) mass is 424 g/mol. The highest BCUT2D eigenvalue weighted by molar-refractivity contribution is 14.1. The number of aryl methyl sites for hydroxylation is 2. The second-order valence-corrected chi connectivity index (χ2v) is 6.20. The lowest BCUT2D eigenvalue weighted by Gasteiger charge is -2.11. The first-order chi connectivity index (χ1) is 11.0. The lowest BCUT2D eigenvalue weighted by Crippen LogP contribution is -2.44. The van der Waals surface area contributed by atoms with Crippen LogP contribution in [0.2, 0.25) is 0 Å². The molecule has 0 saturated carbocycles. The molecule has 0 heterocycles. The molecule has 0 aromatic heterocycles. The van der Waals surface area contributed by atoms with E-state index in [1.165, 1.54) is 0 Å². The zero-order valence-electron chi connectivity index (χ0n) is 12.9. The van der Waals surface area contributed by atoms with Crippen LogP contribution in [-0.4, -0.2) is 18.4 Å². The van der Waals surface area contributed by atoms with E-state index in [1.807, 2.05) is 44.2 Å². The van der Waals surface area contributed by atoms with Crippen LogP contribution in [0.15, 0.2) is 42.5 Å². The summed E-state index contributed by atoms with van der Waals surface area (Å²) in [6, 6.07) is 12.9. The van der Waals surface area contributed by atoms with Gasteiger partial charge in [-0.05, 0) is 65.8 Å². The zero-order chi connectivity index (χ0) is 16.8. The molecule has 0 radical (unpaired) electrons. The average molecular weight is 424 g/mol. The number of nitrogens with one attached hydrogen (secondary N) is 2. The van der Waals surface area contributed by atoms with Crippen LogP contribution < -0.4 is 15.6 Å². The number of carbonyl (C=O) groups is 2. The summed E-state index contributed by atoms with van der Waals surface area (Å²) in [5.74, 6) is -0.135. The fraction of sp³-hybridized carbons (Fsp3) is 0.176. The largest absolute Gasteiger partial charge is 0.483 e. The summed E-state index contributed by atoms with van der Waals surface area (Å²) in [7, 11) is 0. The van der Waals surface area contributed by atoms with Gasteiger partial charge in [0.1, 0.15) is 5.75 Å². The molecule has 0 aliphatic rings. The van der Waals surface area contributed by atoms with Gasteiger partial charge in [-0.2, -0.15) is 0 Å². The lowest BCUT2D eigenvalue weighted by molar-refractivity contribution is -0.123. The van der Waals surface area contributed by atoms with Gasteiger partial charge in [-0.1, -0.05) is 24.3 Å². The first-order valence-electron chi connectivity index (χ1n) is 7.01. The van der Waals surface area contributed by atoms with Crippen LogP contribution in [-0.2, 0) is 4.79 Å². The van der Waals surface area contributed by atoms with Crippen LogP contribution in [0.3, 0.4) is 0 Å². The molecule has 120 valence electrons. The van der Waals surface area contributed by atoms with Crippen molar-refractivity contribution < 1.29 is 14.3 Å². The van der Waals surface area contributed by atoms with E-state index < -0.39 is 5.91 Å². The smallest absolute Gasteiger partial charge is 0.276 e. The molecule has 5 nitrogen and oxygen atoms in total. The zero-order valence-corrected chi connectivity index (χ0v) is 15.0. The molecule has 2 aromatic rings. The maximum Gasteiger partial charge on any atom is 0.276 e. The molecule has 2 rings (SSSR count). The molecule has 0 atom stereocenters. The summed E-state index contributed by atoms with van der Waals surface area (Å²) >= 11 is 2.07. The second kappa shape index (κ2) is 7.96. The Labute approximate surface area is 148 Å². The molecule has 0 spiro atoms. The third kappa shape index (κ3) is 4.95. The van der Waals surface area contributed by atoms with Crippen molar-refractivity contribution in [3.05, 3.63) is 62.7 Å². The van der Waals surface area contributed by atoms with Crippen molar-refractivity contribution in [1.29, 1.82) is 0 Å². The molecule has 2 amide bonds. The van der Waals surface area contributed by atoms with Crippen LogP contribution in [0.5, 0.6) is 5.75 Å². The fourth-order valence-electron chi connectivity index (χ4n) is 1.88. The Bertz CT molecular complexity index is 732. The van der Waals surface area contributed by atoms with E-state index in [2.05, 4.69) is 33.4 Å². The van der Waals surface area contributed by atoms with Gasteiger partial charge in [0.2, 0.25) is 0 Å². The Morgan fingerprint density at radius 1 is 1.09 bits per heavy atom. The Morgan fingerprint density at radius 2 is 1.83 bits per heavy atom. The maximum atomic E-state index is 12.0. The SMILES string of the molecule is Cc1ccc(C)c(OCC(=O)NNC(=O)c2ccccc2I)c1. The van der Waals surface area contributed by atoms with Gasteiger partial charge in [0.15, 0.2) is 6.61 Å². The van der Waals surface area contributed by atoms with Gasteiger partial charge in [-0.3, -0.25) is 20.4 Å². The van der Waals surface area contributed by atoms with Crippen molar-refractivity contribution in [2.45, 2.75) is 13.8 Å². The number of carbonyl (C=O) groups excluding carboxylic acids is 2. The molecule has 0 aliphatic heterocycles. The maximum absolute atomic E-state index is 12.0. The highest BCUT2D eigenvalue weighted by Crippen LogP contribution is 2.18. The number of hydrogen-bond donors (Lipinski definition) is 2. The minimum Gasteiger partial charge on any atom is -0.483 e.